The van der Waals surface area contributed by atoms with Gasteiger partial charge in [0.2, 0.25) is 0 Å². The van der Waals surface area contributed by atoms with E-state index < -0.39 is 0 Å². The van der Waals surface area contributed by atoms with E-state index in [9.17, 15) is 0 Å². The van der Waals surface area contributed by atoms with Crippen LogP contribution in [0.3, 0.4) is 0 Å². The molecule has 0 saturated carbocycles. The molecule has 0 aliphatic rings. The van der Waals surface area contributed by atoms with Crippen molar-refractivity contribution in [3.8, 4) is 0 Å². The molecule has 0 amide bonds. The fourth-order valence-electron chi connectivity index (χ4n) is 1.10. The number of pyridine rings is 1. The standard InChI is InChI=1S/C9H5ClIN/c10-8-2-1-6-3-4-12-5-7(6)9(8)11/h1-5H. The van der Waals surface area contributed by atoms with Crippen LogP contribution in [0.15, 0.2) is 30.6 Å². The molecular weight excluding hydrogens is 284 g/mol. The van der Waals surface area contributed by atoms with Gasteiger partial charge in [-0.15, -0.1) is 0 Å². The van der Waals surface area contributed by atoms with Crippen LogP contribution in [0.25, 0.3) is 10.8 Å². The van der Waals surface area contributed by atoms with Gasteiger partial charge in [0.1, 0.15) is 0 Å². The molecule has 2 aromatic rings. The Morgan fingerprint density at radius 3 is 2.92 bits per heavy atom. The topological polar surface area (TPSA) is 12.9 Å². The van der Waals surface area contributed by atoms with Gasteiger partial charge in [-0.2, -0.15) is 0 Å². The zero-order valence-electron chi connectivity index (χ0n) is 6.09. The summed E-state index contributed by atoms with van der Waals surface area (Å²) in [6, 6.07) is 5.89. The Morgan fingerprint density at radius 1 is 1.25 bits per heavy atom. The molecular formula is C9H5ClIN. The zero-order valence-corrected chi connectivity index (χ0v) is 9.00. The average molecular weight is 290 g/mol. The molecule has 1 heterocycles. The number of hydrogen-bond donors (Lipinski definition) is 0. The molecule has 12 heavy (non-hydrogen) atoms. The molecule has 0 fully saturated rings. The number of rotatable bonds is 0. The minimum absolute atomic E-state index is 0.788. The van der Waals surface area contributed by atoms with Gasteiger partial charge in [0.25, 0.3) is 0 Å². The van der Waals surface area contributed by atoms with Crippen molar-refractivity contribution in [1.82, 2.24) is 4.98 Å². The van der Waals surface area contributed by atoms with Crippen molar-refractivity contribution in [1.29, 1.82) is 0 Å². The minimum atomic E-state index is 0.788. The Morgan fingerprint density at radius 2 is 2.08 bits per heavy atom. The van der Waals surface area contributed by atoms with E-state index in [-0.39, 0.29) is 0 Å². The van der Waals surface area contributed by atoms with E-state index >= 15 is 0 Å². The van der Waals surface area contributed by atoms with E-state index in [1.54, 1.807) is 6.20 Å². The Kier molecular flexibility index (Phi) is 2.19. The number of benzene rings is 1. The third-order valence-electron chi connectivity index (χ3n) is 1.71. The van der Waals surface area contributed by atoms with Crippen molar-refractivity contribution < 1.29 is 0 Å². The summed E-state index contributed by atoms with van der Waals surface area (Å²) in [5.41, 5.74) is 0. The van der Waals surface area contributed by atoms with E-state index in [4.69, 9.17) is 11.6 Å². The van der Waals surface area contributed by atoms with Crippen LogP contribution in [0.1, 0.15) is 0 Å². The summed E-state index contributed by atoms with van der Waals surface area (Å²) >= 11 is 8.18. The van der Waals surface area contributed by atoms with Crippen molar-refractivity contribution in [2.75, 3.05) is 0 Å². The monoisotopic (exact) mass is 289 g/mol. The summed E-state index contributed by atoms with van der Waals surface area (Å²) in [5.74, 6) is 0. The molecule has 0 atom stereocenters. The Bertz CT molecular complexity index is 428. The maximum Gasteiger partial charge on any atom is 0.0546 e. The molecule has 0 spiro atoms. The van der Waals surface area contributed by atoms with Gasteiger partial charge in [-0.25, -0.2) is 0 Å². The predicted octanol–water partition coefficient (Wildman–Crippen LogP) is 3.49. The highest BCUT2D eigenvalue weighted by Crippen LogP contribution is 2.26. The number of hydrogen-bond acceptors (Lipinski definition) is 1. The van der Waals surface area contributed by atoms with Crippen LogP contribution in [0, 0.1) is 3.57 Å². The Labute approximate surface area is 88.9 Å². The van der Waals surface area contributed by atoms with Gasteiger partial charge in [0, 0.05) is 21.4 Å². The minimum Gasteiger partial charge on any atom is -0.264 e. The predicted molar refractivity (Wildman–Crippen MR) is 59.5 cm³/mol. The zero-order chi connectivity index (χ0) is 8.55. The molecule has 0 unspecified atom stereocenters. The highest BCUT2D eigenvalue weighted by molar-refractivity contribution is 14.1. The van der Waals surface area contributed by atoms with E-state index in [0.717, 1.165) is 14.0 Å². The summed E-state index contributed by atoms with van der Waals surface area (Å²) in [4.78, 5) is 4.05. The highest BCUT2D eigenvalue weighted by atomic mass is 127. The van der Waals surface area contributed by atoms with Crippen LogP contribution >= 0.6 is 34.2 Å². The second-order valence-corrected chi connectivity index (χ2v) is 3.94. The summed E-state index contributed by atoms with van der Waals surface area (Å²) < 4.78 is 1.07. The fraction of sp³-hybridized carbons (Fsp3) is 0. The molecule has 0 saturated heterocycles. The number of halogens is 2. The van der Waals surface area contributed by atoms with Crippen molar-refractivity contribution >= 4 is 45.0 Å². The molecule has 0 aliphatic heterocycles. The summed E-state index contributed by atoms with van der Waals surface area (Å²) in [6.45, 7) is 0. The van der Waals surface area contributed by atoms with E-state index in [0.29, 0.717) is 0 Å². The molecule has 1 aromatic carbocycles. The number of nitrogens with zero attached hydrogens (tertiary/aromatic N) is 1. The normalized spacial score (nSPS) is 10.5. The molecule has 1 aromatic heterocycles. The first-order chi connectivity index (χ1) is 5.79. The fourth-order valence-corrected chi connectivity index (χ4v) is 1.89. The van der Waals surface area contributed by atoms with Crippen LogP contribution in [0.5, 0.6) is 0 Å². The van der Waals surface area contributed by atoms with Gasteiger partial charge in [-0.05, 0) is 40.1 Å². The van der Waals surface area contributed by atoms with Crippen LogP contribution < -0.4 is 0 Å². The molecule has 3 heteroatoms. The molecule has 0 N–H and O–H groups in total. The first kappa shape index (κ1) is 8.26. The maximum absolute atomic E-state index is 5.95. The van der Waals surface area contributed by atoms with Crippen LogP contribution in [0.2, 0.25) is 5.02 Å². The van der Waals surface area contributed by atoms with Crippen molar-refractivity contribution in [3.05, 3.63) is 39.2 Å². The summed E-state index contributed by atoms with van der Waals surface area (Å²) in [5, 5.41) is 3.08. The van der Waals surface area contributed by atoms with Crippen LogP contribution in [-0.2, 0) is 0 Å². The molecule has 0 bridgehead atoms. The highest BCUT2D eigenvalue weighted by Gasteiger charge is 2.01. The third kappa shape index (κ3) is 1.29. The average Bonchev–Trinajstić information content (AvgIpc) is 2.12. The lowest BCUT2D eigenvalue weighted by atomic mass is 10.2. The summed E-state index contributed by atoms with van der Waals surface area (Å²) in [6.07, 6.45) is 3.62. The van der Waals surface area contributed by atoms with Gasteiger partial charge in [0.05, 0.1) is 5.02 Å². The van der Waals surface area contributed by atoms with Gasteiger partial charge in [-0.3, -0.25) is 4.98 Å². The maximum atomic E-state index is 5.95. The molecule has 0 aliphatic carbocycles. The molecule has 1 nitrogen and oxygen atoms in total. The SMILES string of the molecule is Clc1ccc2ccncc2c1I. The van der Waals surface area contributed by atoms with Crippen molar-refractivity contribution in [2.24, 2.45) is 0 Å². The summed E-state index contributed by atoms with van der Waals surface area (Å²) in [7, 11) is 0. The number of aromatic nitrogens is 1. The lowest BCUT2D eigenvalue weighted by Crippen LogP contribution is -1.80. The van der Waals surface area contributed by atoms with Crippen LogP contribution in [-0.4, -0.2) is 4.98 Å². The second kappa shape index (κ2) is 3.18. The quantitative estimate of drug-likeness (QED) is 0.677. The van der Waals surface area contributed by atoms with E-state index in [1.807, 2.05) is 24.4 Å². The van der Waals surface area contributed by atoms with E-state index in [2.05, 4.69) is 27.6 Å². The molecule has 0 radical (unpaired) electrons. The van der Waals surface area contributed by atoms with Crippen LogP contribution in [0.4, 0.5) is 0 Å². The van der Waals surface area contributed by atoms with Gasteiger partial charge in [0.15, 0.2) is 0 Å². The van der Waals surface area contributed by atoms with Gasteiger partial charge < -0.3 is 0 Å². The van der Waals surface area contributed by atoms with Crippen molar-refractivity contribution in [3.63, 3.8) is 0 Å². The lowest BCUT2D eigenvalue weighted by Gasteiger charge is -2.00. The third-order valence-corrected chi connectivity index (χ3v) is 3.51. The second-order valence-electron chi connectivity index (χ2n) is 2.46. The van der Waals surface area contributed by atoms with E-state index in [1.165, 1.54) is 5.39 Å². The van der Waals surface area contributed by atoms with Crippen molar-refractivity contribution in [2.45, 2.75) is 0 Å². The Hall–Kier alpha value is -0.350. The largest absolute Gasteiger partial charge is 0.264 e. The molecule has 2 rings (SSSR count). The van der Waals surface area contributed by atoms with Gasteiger partial charge >= 0.3 is 0 Å². The first-order valence-electron chi connectivity index (χ1n) is 3.47. The Balaban J connectivity index is 2.91. The molecule has 60 valence electrons. The lowest BCUT2D eigenvalue weighted by molar-refractivity contribution is 1.36. The van der Waals surface area contributed by atoms with Gasteiger partial charge in [-0.1, -0.05) is 17.7 Å². The number of fused-ring (bicyclic) bond motifs is 1. The smallest absolute Gasteiger partial charge is 0.0546 e. The first-order valence-corrected chi connectivity index (χ1v) is 4.92.